The molecule has 70 valence electrons. The maximum atomic E-state index is 2.23. The van der Waals surface area contributed by atoms with Crippen molar-refractivity contribution in [1.82, 2.24) is 4.90 Å². The van der Waals surface area contributed by atoms with E-state index in [-0.39, 0.29) is 12.4 Å². The van der Waals surface area contributed by atoms with E-state index in [1.807, 2.05) is 0 Å². The highest BCUT2D eigenvalue weighted by Gasteiger charge is 2.05. The summed E-state index contributed by atoms with van der Waals surface area (Å²) in [5.41, 5.74) is 0. The molecule has 0 saturated carbocycles. The normalized spacial score (nSPS) is 11.5. The van der Waals surface area contributed by atoms with Crippen molar-refractivity contribution in [2.45, 2.75) is 6.42 Å². The Bertz CT molecular complexity index is 86.6. The Morgan fingerprint density at radius 2 is 1.55 bits per heavy atom. The summed E-state index contributed by atoms with van der Waals surface area (Å²) < 4.78 is 1.08. The van der Waals surface area contributed by atoms with Crippen LogP contribution in [0.2, 0.25) is 0 Å². The lowest BCUT2D eigenvalue weighted by atomic mass is 10.3. The van der Waals surface area contributed by atoms with Crippen LogP contribution in [0.5, 0.6) is 0 Å². The van der Waals surface area contributed by atoms with Crippen LogP contribution in [0.3, 0.4) is 0 Å². The summed E-state index contributed by atoms with van der Waals surface area (Å²) in [7, 11) is 10.9. The Kier molecular flexibility index (Phi) is 7.28. The minimum absolute atomic E-state index is 0. The first-order chi connectivity index (χ1) is 4.42. The molecule has 0 saturated heterocycles. The average Bonchev–Trinajstić information content (AvgIpc) is 1.59. The lowest BCUT2D eigenvalue weighted by molar-refractivity contribution is -0.870. The fraction of sp³-hybridized carbons (Fsp3) is 1.00. The predicted molar refractivity (Wildman–Crippen MR) is 53.3 cm³/mol. The van der Waals surface area contributed by atoms with Gasteiger partial charge in [0.25, 0.3) is 0 Å². The smallest absolute Gasteiger partial charge is 0.0792 e. The van der Waals surface area contributed by atoms with Gasteiger partial charge in [0.05, 0.1) is 27.7 Å². The van der Waals surface area contributed by atoms with Crippen molar-refractivity contribution in [1.29, 1.82) is 0 Å². The molecule has 0 fully saturated rings. The third kappa shape index (κ3) is 13.2. The molecule has 0 unspecified atom stereocenters. The number of quaternary nitrogens is 1. The van der Waals surface area contributed by atoms with Gasteiger partial charge in [-0.2, -0.15) is 0 Å². The first-order valence-corrected chi connectivity index (χ1v) is 3.87. The van der Waals surface area contributed by atoms with Gasteiger partial charge in [0.2, 0.25) is 0 Å². The molecule has 0 aromatic heterocycles. The molecule has 0 aromatic rings. The van der Waals surface area contributed by atoms with Crippen molar-refractivity contribution in [2.75, 3.05) is 48.3 Å². The summed E-state index contributed by atoms with van der Waals surface area (Å²) in [6.07, 6.45) is 1.29. The molecular formula is C8H22ClN2+. The molecule has 0 rings (SSSR count). The monoisotopic (exact) mass is 181 g/mol. The van der Waals surface area contributed by atoms with E-state index in [1.54, 1.807) is 0 Å². The molecule has 0 N–H and O–H groups in total. The molecule has 0 aromatic carbocycles. The highest BCUT2D eigenvalue weighted by Crippen LogP contribution is 1.93. The van der Waals surface area contributed by atoms with E-state index < -0.39 is 0 Å². The molecule has 2 nitrogen and oxygen atoms in total. The van der Waals surface area contributed by atoms with E-state index in [2.05, 4.69) is 40.1 Å². The Morgan fingerprint density at radius 1 is 1.09 bits per heavy atom. The lowest BCUT2D eigenvalue weighted by Crippen LogP contribution is -2.36. The highest BCUT2D eigenvalue weighted by molar-refractivity contribution is 5.85. The summed E-state index contributed by atoms with van der Waals surface area (Å²) in [4.78, 5) is 2.23. The Labute approximate surface area is 77.2 Å². The van der Waals surface area contributed by atoms with E-state index in [1.165, 1.54) is 19.5 Å². The van der Waals surface area contributed by atoms with Gasteiger partial charge in [-0.05, 0) is 14.1 Å². The van der Waals surface area contributed by atoms with Crippen LogP contribution in [0, 0.1) is 0 Å². The molecule has 0 spiro atoms. The van der Waals surface area contributed by atoms with Crippen LogP contribution in [0.15, 0.2) is 0 Å². The topological polar surface area (TPSA) is 3.24 Å². The molecule has 0 aliphatic heterocycles. The van der Waals surface area contributed by atoms with E-state index in [0.717, 1.165) is 4.48 Å². The maximum Gasteiger partial charge on any atom is 0.0792 e. The van der Waals surface area contributed by atoms with E-state index in [9.17, 15) is 0 Å². The van der Waals surface area contributed by atoms with Gasteiger partial charge in [-0.25, -0.2) is 0 Å². The zero-order valence-corrected chi connectivity index (χ0v) is 9.24. The minimum atomic E-state index is 0. The second-order valence-corrected chi connectivity index (χ2v) is 4.17. The van der Waals surface area contributed by atoms with Gasteiger partial charge in [0.1, 0.15) is 0 Å². The Balaban J connectivity index is 0. The van der Waals surface area contributed by atoms with Gasteiger partial charge in [0.15, 0.2) is 0 Å². The summed E-state index contributed by atoms with van der Waals surface area (Å²) in [5.74, 6) is 0. The second kappa shape index (κ2) is 5.81. The van der Waals surface area contributed by atoms with Crippen molar-refractivity contribution < 1.29 is 4.48 Å². The molecule has 0 radical (unpaired) electrons. The average molecular weight is 182 g/mol. The molecule has 0 aliphatic carbocycles. The quantitative estimate of drug-likeness (QED) is 0.587. The van der Waals surface area contributed by atoms with Crippen LogP contribution in [-0.4, -0.2) is 57.7 Å². The molecule has 3 heteroatoms. The first-order valence-electron chi connectivity index (χ1n) is 3.87. The van der Waals surface area contributed by atoms with Crippen LogP contribution in [-0.2, 0) is 0 Å². The van der Waals surface area contributed by atoms with Crippen LogP contribution in [0.25, 0.3) is 0 Å². The van der Waals surface area contributed by atoms with E-state index in [0.29, 0.717) is 0 Å². The fourth-order valence-corrected chi connectivity index (χ4v) is 0.861. The fourth-order valence-electron chi connectivity index (χ4n) is 0.861. The van der Waals surface area contributed by atoms with Crippen molar-refractivity contribution in [2.24, 2.45) is 0 Å². The summed E-state index contributed by atoms with van der Waals surface area (Å²) in [6, 6.07) is 0. The first kappa shape index (κ1) is 13.8. The molecule has 0 heterocycles. The molecular weight excluding hydrogens is 160 g/mol. The Morgan fingerprint density at radius 3 is 1.82 bits per heavy atom. The number of hydrogen-bond acceptors (Lipinski definition) is 1. The van der Waals surface area contributed by atoms with E-state index >= 15 is 0 Å². The number of halogens is 1. The molecule has 0 amide bonds. The lowest BCUT2D eigenvalue weighted by Gasteiger charge is -2.24. The maximum absolute atomic E-state index is 2.23. The largest absolute Gasteiger partial charge is 0.331 e. The van der Waals surface area contributed by atoms with Crippen molar-refractivity contribution in [3.63, 3.8) is 0 Å². The van der Waals surface area contributed by atoms with Crippen molar-refractivity contribution in [3.05, 3.63) is 0 Å². The summed E-state index contributed by atoms with van der Waals surface area (Å²) in [6.45, 7) is 2.47. The van der Waals surface area contributed by atoms with Gasteiger partial charge >= 0.3 is 0 Å². The number of hydrogen-bond donors (Lipinski definition) is 0. The minimum Gasteiger partial charge on any atom is -0.331 e. The predicted octanol–water partition coefficient (Wildman–Crippen LogP) is 1.07. The van der Waals surface area contributed by atoms with Crippen LogP contribution >= 0.6 is 12.4 Å². The van der Waals surface area contributed by atoms with Gasteiger partial charge in [-0.15, -0.1) is 12.4 Å². The van der Waals surface area contributed by atoms with Crippen molar-refractivity contribution >= 4 is 12.4 Å². The third-order valence-electron chi connectivity index (χ3n) is 1.43. The molecule has 0 bridgehead atoms. The van der Waals surface area contributed by atoms with Crippen LogP contribution < -0.4 is 0 Å². The Hall–Kier alpha value is 0.210. The van der Waals surface area contributed by atoms with Gasteiger partial charge in [-0.3, -0.25) is 0 Å². The third-order valence-corrected chi connectivity index (χ3v) is 1.43. The van der Waals surface area contributed by atoms with E-state index in [4.69, 9.17) is 0 Å². The van der Waals surface area contributed by atoms with Gasteiger partial charge in [-0.1, -0.05) is 0 Å². The van der Waals surface area contributed by atoms with Gasteiger partial charge in [0, 0.05) is 13.0 Å². The SMILES string of the molecule is CN(C)CCC[N+](C)(C)C.Cl. The highest BCUT2D eigenvalue weighted by atomic mass is 35.5. The summed E-state index contributed by atoms with van der Waals surface area (Å²) in [5, 5.41) is 0. The summed E-state index contributed by atoms with van der Waals surface area (Å²) >= 11 is 0. The number of rotatable bonds is 4. The van der Waals surface area contributed by atoms with Gasteiger partial charge < -0.3 is 9.38 Å². The second-order valence-electron chi connectivity index (χ2n) is 4.17. The molecule has 11 heavy (non-hydrogen) atoms. The zero-order valence-electron chi connectivity index (χ0n) is 8.42. The van der Waals surface area contributed by atoms with Crippen LogP contribution in [0.1, 0.15) is 6.42 Å². The zero-order chi connectivity index (χ0) is 8.20. The standard InChI is InChI=1S/C8H21N2.ClH/c1-9(2)7-6-8-10(3,4)5;/h6-8H2,1-5H3;1H/q+1;. The van der Waals surface area contributed by atoms with Crippen LogP contribution in [0.4, 0.5) is 0 Å². The van der Waals surface area contributed by atoms with Crippen molar-refractivity contribution in [3.8, 4) is 0 Å². The molecule has 0 aliphatic rings. The molecule has 0 atom stereocenters. The number of nitrogens with zero attached hydrogens (tertiary/aromatic N) is 2.